The Morgan fingerprint density at radius 3 is 2.37 bits per heavy atom. The average molecular weight is 432 g/mol. The number of methoxy groups -OCH3 is 2. The Morgan fingerprint density at radius 2 is 1.73 bits per heavy atom. The van der Waals surface area contributed by atoms with Crippen LogP contribution in [0.15, 0.2) is 35.7 Å². The van der Waals surface area contributed by atoms with Gasteiger partial charge < -0.3 is 24.0 Å². The number of thiophene rings is 1. The van der Waals surface area contributed by atoms with Crippen molar-refractivity contribution in [2.24, 2.45) is 0 Å². The zero-order chi connectivity index (χ0) is 21.5. The first-order valence-corrected chi connectivity index (χ1v) is 10.4. The van der Waals surface area contributed by atoms with E-state index in [9.17, 15) is 14.4 Å². The fourth-order valence-corrected chi connectivity index (χ4v) is 3.84. The molecule has 3 rings (SSSR count). The zero-order valence-corrected chi connectivity index (χ0v) is 17.8. The lowest BCUT2D eigenvalue weighted by Gasteiger charge is -2.34. The van der Waals surface area contributed by atoms with Gasteiger partial charge in [-0.15, -0.1) is 11.3 Å². The molecule has 1 aliphatic heterocycles. The van der Waals surface area contributed by atoms with Crippen LogP contribution in [-0.2, 0) is 20.7 Å². The van der Waals surface area contributed by atoms with Crippen LogP contribution in [0.1, 0.15) is 15.2 Å². The summed E-state index contributed by atoms with van der Waals surface area (Å²) in [5.74, 6) is 0.337. The highest BCUT2D eigenvalue weighted by Crippen LogP contribution is 2.25. The van der Waals surface area contributed by atoms with E-state index in [0.717, 1.165) is 0 Å². The van der Waals surface area contributed by atoms with Crippen LogP contribution in [-0.4, -0.2) is 74.6 Å². The summed E-state index contributed by atoms with van der Waals surface area (Å²) in [6.45, 7) is 1.43. The normalized spacial score (nSPS) is 13.7. The van der Waals surface area contributed by atoms with Gasteiger partial charge in [-0.2, -0.15) is 0 Å². The summed E-state index contributed by atoms with van der Waals surface area (Å²) < 4.78 is 15.6. The van der Waals surface area contributed by atoms with Crippen molar-refractivity contribution in [2.45, 2.75) is 6.42 Å². The van der Waals surface area contributed by atoms with E-state index in [1.165, 1.54) is 18.4 Å². The van der Waals surface area contributed by atoms with Crippen molar-refractivity contribution >= 4 is 29.1 Å². The van der Waals surface area contributed by atoms with Crippen LogP contribution in [0.5, 0.6) is 11.5 Å². The van der Waals surface area contributed by atoms with E-state index in [1.54, 1.807) is 41.2 Å². The van der Waals surface area contributed by atoms with Gasteiger partial charge in [-0.1, -0.05) is 12.1 Å². The topological polar surface area (TPSA) is 85.4 Å². The third-order valence-corrected chi connectivity index (χ3v) is 5.70. The van der Waals surface area contributed by atoms with Crippen molar-refractivity contribution < 1.29 is 28.6 Å². The molecule has 2 heterocycles. The van der Waals surface area contributed by atoms with Crippen molar-refractivity contribution in [3.8, 4) is 11.5 Å². The Morgan fingerprint density at radius 1 is 1.00 bits per heavy atom. The third-order valence-electron chi connectivity index (χ3n) is 4.84. The molecule has 30 heavy (non-hydrogen) atoms. The predicted molar refractivity (Wildman–Crippen MR) is 111 cm³/mol. The number of ether oxygens (including phenoxy) is 3. The van der Waals surface area contributed by atoms with Crippen LogP contribution in [0.3, 0.4) is 0 Å². The van der Waals surface area contributed by atoms with E-state index in [1.807, 2.05) is 11.4 Å². The zero-order valence-electron chi connectivity index (χ0n) is 17.0. The van der Waals surface area contributed by atoms with Gasteiger partial charge in [0.25, 0.3) is 11.8 Å². The van der Waals surface area contributed by atoms with Gasteiger partial charge in [0.2, 0.25) is 0 Å². The Hall–Kier alpha value is -3.07. The van der Waals surface area contributed by atoms with Crippen LogP contribution >= 0.6 is 11.3 Å². The Kier molecular flexibility index (Phi) is 7.29. The minimum atomic E-state index is -0.515. The summed E-state index contributed by atoms with van der Waals surface area (Å²) in [5.41, 5.74) is 0.649. The molecule has 0 unspecified atom stereocenters. The van der Waals surface area contributed by atoms with Gasteiger partial charge in [0.05, 0.1) is 25.5 Å². The lowest BCUT2D eigenvalue weighted by atomic mass is 10.1. The van der Waals surface area contributed by atoms with E-state index in [2.05, 4.69) is 0 Å². The predicted octanol–water partition coefficient (Wildman–Crippen LogP) is 1.84. The second-order valence-electron chi connectivity index (χ2n) is 6.67. The van der Waals surface area contributed by atoms with E-state index < -0.39 is 5.97 Å². The van der Waals surface area contributed by atoms with Crippen LogP contribution in [0.4, 0.5) is 0 Å². The highest BCUT2D eigenvalue weighted by atomic mass is 32.1. The molecule has 0 aliphatic carbocycles. The number of rotatable bonds is 7. The highest BCUT2D eigenvalue weighted by Gasteiger charge is 2.26. The van der Waals surface area contributed by atoms with Crippen LogP contribution in [0, 0.1) is 0 Å². The number of esters is 1. The SMILES string of the molecule is COc1ccc(CC(=O)OCC(=O)N2CCN(C(=O)c3cccs3)CC2)c(OC)c1. The molecule has 0 spiro atoms. The number of hydrogen-bond acceptors (Lipinski definition) is 7. The third kappa shape index (κ3) is 5.29. The molecule has 2 aromatic rings. The molecule has 9 heteroatoms. The second-order valence-corrected chi connectivity index (χ2v) is 7.61. The standard InChI is InChI=1S/C21H24N2O6S/c1-27-16-6-5-15(17(13-16)28-2)12-20(25)29-14-19(24)22-7-9-23(10-8-22)21(26)18-4-3-11-30-18/h3-6,11,13H,7-10,12,14H2,1-2H3. The van der Waals surface area contributed by atoms with Crippen molar-refractivity contribution in [3.63, 3.8) is 0 Å². The van der Waals surface area contributed by atoms with Gasteiger partial charge in [0.15, 0.2) is 6.61 Å². The molecular weight excluding hydrogens is 408 g/mol. The van der Waals surface area contributed by atoms with Gasteiger partial charge in [-0.3, -0.25) is 14.4 Å². The Labute approximate surface area is 178 Å². The number of nitrogens with zero attached hydrogens (tertiary/aromatic N) is 2. The first kappa shape index (κ1) is 21.6. The summed E-state index contributed by atoms with van der Waals surface area (Å²) >= 11 is 1.40. The molecule has 2 amide bonds. The Bertz CT molecular complexity index is 891. The summed E-state index contributed by atoms with van der Waals surface area (Å²) in [6.07, 6.45) is -0.0104. The monoisotopic (exact) mass is 432 g/mol. The summed E-state index contributed by atoms with van der Waals surface area (Å²) in [4.78, 5) is 40.9. The molecule has 1 aromatic carbocycles. The molecule has 0 bridgehead atoms. The maximum absolute atomic E-state index is 12.4. The number of carbonyl (C=O) groups is 3. The smallest absolute Gasteiger partial charge is 0.310 e. The van der Waals surface area contributed by atoms with Gasteiger partial charge >= 0.3 is 5.97 Å². The van der Waals surface area contributed by atoms with Crippen LogP contribution < -0.4 is 9.47 Å². The van der Waals surface area contributed by atoms with E-state index in [0.29, 0.717) is 48.1 Å². The second kappa shape index (κ2) is 10.1. The quantitative estimate of drug-likeness (QED) is 0.621. The molecule has 0 N–H and O–H groups in total. The molecule has 1 fully saturated rings. The lowest BCUT2D eigenvalue weighted by Crippen LogP contribution is -2.51. The summed E-state index contributed by atoms with van der Waals surface area (Å²) in [7, 11) is 3.06. The molecule has 160 valence electrons. The fraction of sp³-hybridized carbons (Fsp3) is 0.381. The molecule has 1 aromatic heterocycles. The summed E-state index contributed by atoms with van der Waals surface area (Å²) in [6, 6.07) is 8.78. The minimum Gasteiger partial charge on any atom is -0.497 e. The molecule has 8 nitrogen and oxygen atoms in total. The number of carbonyl (C=O) groups excluding carboxylic acids is 3. The first-order valence-electron chi connectivity index (χ1n) is 9.49. The maximum atomic E-state index is 12.4. The number of piperazine rings is 1. The van der Waals surface area contributed by atoms with Gasteiger partial charge in [0, 0.05) is 37.8 Å². The number of benzene rings is 1. The lowest BCUT2D eigenvalue weighted by molar-refractivity contribution is -0.152. The van der Waals surface area contributed by atoms with Crippen molar-refractivity contribution in [1.29, 1.82) is 0 Å². The first-order chi connectivity index (χ1) is 14.5. The van der Waals surface area contributed by atoms with Crippen LogP contribution in [0.2, 0.25) is 0 Å². The van der Waals surface area contributed by atoms with Gasteiger partial charge in [-0.05, 0) is 17.5 Å². The van der Waals surface area contributed by atoms with Crippen molar-refractivity contribution in [2.75, 3.05) is 47.0 Å². The van der Waals surface area contributed by atoms with E-state index in [4.69, 9.17) is 14.2 Å². The number of amides is 2. The Balaban J connectivity index is 1.45. The molecular formula is C21H24N2O6S. The molecule has 0 saturated carbocycles. The molecule has 0 atom stereocenters. The van der Waals surface area contributed by atoms with Gasteiger partial charge in [0.1, 0.15) is 11.5 Å². The fourth-order valence-electron chi connectivity index (χ4n) is 3.15. The van der Waals surface area contributed by atoms with E-state index >= 15 is 0 Å². The van der Waals surface area contributed by atoms with Gasteiger partial charge in [-0.25, -0.2) is 0 Å². The molecule has 1 aliphatic rings. The van der Waals surface area contributed by atoms with Crippen molar-refractivity contribution in [1.82, 2.24) is 9.80 Å². The number of hydrogen-bond donors (Lipinski definition) is 0. The van der Waals surface area contributed by atoms with E-state index in [-0.39, 0.29) is 24.8 Å². The van der Waals surface area contributed by atoms with Crippen molar-refractivity contribution in [3.05, 3.63) is 46.2 Å². The summed E-state index contributed by atoms with van der Waals surface area (Å²) in [5, 5.41) is 1.86. The molecule has 0 radical (unpaired) electrons. The largest absolute Gasteiger partial charge is 0.497 e. The molecule has 1 saturated heterocycles. The van der Waals surface area contributed by atoms with Crippen LogP contribution in [0.25, 0.3) is 0 Å². The average Bonchev–Trinajstić information content (AvgIpc) is 3.32. The minimum absolute atomic E-state index is 0.0104. The maximum Gasteiger partial charge on any atom is 0.310 e. The highest BCUT2D eigenvalue weighted by molar-refractivity contribution is 7.12.